The van der Waals surface area contributed by atoms with Crippen molar-refractivity contribution in [2.45, 2.75) is 32.2 Å². The molecule has 0 spiro atoms. The summed E-state index contributed by atoms with van der Waals surface area (Å²) in [6.07, 6.45) is 2.15. The summed E-state index contributed by atoms with van der Waals surface area (Å²) in [6, 6.07) is 7.78. The molecule has 1 aromatic rings. The van der Waals surface area contributed by atoms with Crippen LogP contribution in [0.25, 0.3) is 0 Å². The van der Waals surface area contributed by atoms with Crippen molar-refractivity contribution >= 4 is 5.97 Å². The summed E-state index contributed by atoms with van der Waals surface area (Å²) in [6.45, 7) is 3.82. The third-order valence-electron chi connectivity index (χ3n) is 3.01. The molecule has 0 aromatic heterocycles. The van der Waals surface area contributed by atoms with E-state index in [1.54, 1.807) is 14.0 Å². The fourth-order valence-corrected chi connectivity index (χ4v) is 1.51. The molecular formula is C14H21NO3. The number of ether oxygens (including phenoxy) is 1. The summed E-state index contributed by atoms with van der Waals surface area (Å²) in [4.78, 5) is 11.1. The molecule has 0 saturated heterocycles. The molecule has 0 aliphatic heterocycles. The molecule has 0 bridgehead atoms. The molecule has 0 radical (unpaired) electrons. The second-order valence-electron chi connectivity index (χ2n) is 4.57. The number of hydrogen-bond acceptors (Lipinski definition) is 3. The lowest BCUT2D eigenvalue weighted by molar-refractivity contribution is -0.145. The van der Waals surface area contributed by atoms with Crippen molar-refractivity contribution in [2.24, 2.45) is 0 Å². The van der Waals surface area contributed by atoms with E-state index in [0.29, 0.717) is 5.75 Å². The van der Waals surface area contributed by atoms with Gasteiger partial charge < -0.3 is 15.2 Å². The molecular weight excluding hydrogens is 230 g/mol. The predicted octanol–water partition coefficient (Wildman–Crippen LogP) is 2.08. The number of aryl methyl sites for hydroxylation is 1. The Balaban J connectivity index is 2.60. The first-order chi connectivity index (χ1) is 8.51. The van der Waals surface area contributed by atoms with E-state index >= 15 is 0 Å². The predicted molar refractivity (Wildman–Crippen MR) is 71.0 cm³/mol. The Morgan fingerprint density at radius 3 is 2.44 bits per heavy atom. The molecule has 1 unspecified atom stereocenters. The molecule has 0 aliphatic carbocycles. The maximum absolute atomic E-state index is 11.1. The SMILES string of the molecule is CCCc1ccc(OCC(C)(NC)C(=O)O)cc1. The first-order valence-electron chi connectivity index (χ1n) is 6.16. The molecule has 100 valence electrons. The van der Waals surface area contributed by atoms with Crippen LogP contribution in [0.2, 0.25) is 0 Å². The van der Waals surface area contributed by atoms with E-state index in [0.717, 1.165) is 12.8 Å². The highest BCUT2D eigenvalue weighted by Gasteiger charge is 2.32. The van der Waals surface area contributed by atoms with Gasteiger partial charge in [-0.05, 0) is 38.1 Å². The minimum absolute atomic E-state index is 0.0892. The second-order valence-corrected chi connectivity index (χ2v) is 4.57. The van der Waals surface area contributed by atoms with Crippen LogP contribution in [0.1, 0.15) is 25.8 Å². The van der Waals surface area contributed by atoms with E-state index < -0.39 is 11.5 Å². The lowest BCUT2D eigenvalue weighted by Gasteiger charge is -2.24. The van der Waals surface area contributed by atoms with Crippen LogP contribution in [0.4, 0.5) is 0 Å². The largest absolute Gasteiger partial charge is 0.491 e. The molecule has 1 aromatic carbocycles. The van der Waals surface area contributed by atoms with E-state index in [9.17, 15) is 4.79 Å². The first kappa shape index (κ1) is 14.5. The van der Waals surface area contributed by atoms with Crippen LogP contribution in [0.5, 0.6) is 5.75 Å². The van der Waals surface area contributed by atoms with Gasteiger partial charge in [0.1, 0.15) is 17.9 Å². The van der Waals surface area contributed by atoms with Crippen LogP contribution >= 0.6 is 0 Å². The number of hydrogen-bond donors (Lipinski definition) is 2. The third-order valence-corrected chi connectivity index (χ3v) is 3.01. The van der Waals surface area contributed by atoms with Crippen LogP contribution in [0, 0.1) is 0 Å². The molecule has 0 saturated carbocycles. The number of benzene rings is 1. The van der Waals surface area contributed by atoms with Crippen LogP contribution in [-0.2, 0) is 11.2 Å². The van der Waals surface area contributed by atoms with Gasteiger partial charge in [-0.3, -0.25) is 4.79 Å². The molecule has 0 heterocycles. The maximum Gasteiger partial charge on any atom is 0.327 e. The molecule has 0 fully saturated rings. The zero-order valence-electron chi connectivity index (χ0n) is 11.2. The van der Waals surface area contributed by atoms with Gasteiger partial charge in [0.15, 0.2) is 0 Å². The summed E-state index contributed by atoms with van der Waals surface area (Å²) in [5.74, 6) is -0.231. The first-order valence-corrected chi connectivity index (χ1v) is 6.16. The number of rotatable bonds is 7. The van der Waals surface area contributed by atoms with Crippen molar-refractivity contribution in [1.82, 2.24) is 5.32 Å². The van der Waals surface area contributed by atoms with Crippen molar-refractivity contribution < 1.29 is 14.6 Å². The smallest absolute Gasteiger partial charge is 0.327 e. The zero-order valence-corrected chi connectivity index (χ0v) is 11.2. The van der Waals surface area contributed by atoms with E-state index in [-0.39, 0.29) is 6.61 Å². The van der Waals surface area contributed by atoms with Gasteiger partial charge >= 0.3 is 5.97 Å². The monoisotopic (exact) mass is 251 g/mol. The quantitative estimate of drug-likeness (QED) is 0.779. The molecule has 0 aliphatic rings. The van der Waals surface area contributed by atoms with Crippen molar-refractivity contribution in [3.63, 3.8) is 0 Å². The van der Waals surface area contributed by atoms with Gasteiger partial charge in [0.25, 0.3) is 0 Å². The minimum Gasteiger partial charge on any atom is -0.491 e. The lowest BCUT2D eigenvalue weighted by Crippen LogP contribution is -2.52. The summed E-state index contributed by atoms with van der Waals surface area (Å²) >= 11 is 0. The standard InChI is InChI=1S/C14H21NO3/c1-4-5-11-6-8-12(9-7-11)18-10-14(2,15-3)13(16)17/h6-9,15H,4-5,10H2,1-3H3,(H,16,17). The topological polar surface area (TPSA) is 58.6 Å². The Morgan fingerprint density at radius 1 is 1.39 bits per heavy atom. The third kappa shape index (κ3) is 3.74. The van der Waals surface area contributed by atoms with Crippen LogP contribution < -0.4 is 10.1 Å². The van der Waals surface area contributed by atoms with Gasteiger partial charge in [-0.25, -0.2) is 0 Å². The Bertz CT molecular complexity index is 389. The molecule has 2 N–H and O–H groups in total. The van der Waals surface area contributed by atoms with Crippen molar-refractivity contribution in [3.05, 3.63) is 29.8 Å². The zero-order chi connectivity index (χ0) is 13.6. The number of aliphatic carboxylic acids is 1. The molecule has 18 heavy (non-hydrogen) atoms. The number of likely N-dealkylation sites (N-methyl/N-ethyl adjacent to an activating group) is 1. The van der Waals surface area contributed by atoms with E-state index in [1.807, 2.05) is 24.3 Å². The van der Waals surface area contributed by atoms with Crippen molar-refractivity contribution in [3.8, 4) is 5.75 Å². The Morgan fingerprint density at radius 2 is 2.00 bits per heavy atom. The number of carbonyl (C=O) groups is 1. The van der Waals surface area contributed by atoms with Crippen LogP contribution in [0.3, 0.4) is 0 Å². The average Bonchev–Trinajstić information content (AvgIpc) is 2.37. The molecule has 1 atom stereocenters. The van der Waals surface area contributed by atoms with Gasteiger partial charge in [0, 0.05) is 0 Å². The van der Waals surface area contributed by atoms with Crippen molar-refractivity contribution in [1.29, 1.82) is 0 Å². The number of carboxylic acids is 1. The summed E-state index contributed by atoms with van der Waals surface area (Å²) < 4.78 is 5.51. The summed E-state index contributed by atoms with van der Waals surface area (Å²) in [5, 5.41) is 11.8. The highest BCUT2D eigenvalue weighted by molar-refractivity contribution is 5.78. The second kappa shape index (κ2) is 6.40. The van der Waals surface area contributed by atoms with E-state index in [2.05, 4.69) is 12.2 Å². The highest BCUT2D eigenvalue weighted by Crippen LogP contribution is 2.15. The minimum atomic E-state index is -1.07. The summed E-state index contributed by atoms with van der Waals surface area (Å²) in [5.41, 5.74) is 0.196. The summed E-state index contributed by atoms with van der Waals surface area (Å²) in [7, 11) is 1.61. The van der Waals surface area contributed by atoms with Gasteiger partial charge in [-0.15, -0.1) is 0 Å². The van der Waals surface area contributed by atoms with Gasteiger partial charge in [-0.2, -0.15) is 0 Å². The van der Waals surface area contributed by atoms with Gasteiger partial charge in [-0.1, -0.05) is 25.5 Å². The fourth-order valence-electron chi connectivity index (χ4n) is 1.51. The Hall–Kier alpha value is -1.55. The van der Waals surface area contributed by atoms with Crippen molar-refractivity contribution in [2.75, 3.05) is 13.7 Å². The number of nitrogens with one attached hydrogen (secondary N) is 1. The molecule has 4 nitrogen and oxygen atoms in total. The normalized spacial score (nSPS) is 13.9. The molecule has 1 rings (SSSR count). The maximum atomic E-state index is 11.1. The van der Waals surface area contributed by atoms with Crippen LogP contribution in [-0.4, -0.2) is 30.3 Å². The molecule has 4 heteroatoms. The highest BCUT2D eigenvalue weighted by atomic mass is 16.5. The van der Waals surface area contributed by atoms with Gasteiger partial charge in [0.2, 0.25) is 0 Å². The average molecular weight is 251 g/mol. The van der Waals surface area contributed by atoms with E-state index in [4.69, 9.17) is 9.84 Å². The fraction of sp³-hybridized carbons (Fsp3) is 0.500. The Kier molecular flexibility index (Phi) is 5.16. The van der Waals surface area contributed by atoms with Gasteiger partial charge in [0.05, 0.1) is 0 Å². The van der Waals surface area contributed by atoms with Crippen LogP contribution in [0.15, 0.2) is 24.3 Å². The Labute approximate surface area is 108 Å². The molecule has 0 amide bonds. The lowest BCUT2D eigenvalue weighted by atomic mass is 10.1. The number of carboxylic acid groups (broad SMARTS) is 1. The van der Waals surface area contributed by atoms with E-state index in [1.165, 1.54) is 5.56 Å².